The Morgan fingerprint density at radius 1 is 1.38 bits per heavy atom. The molecule has 0 atom stereocenters. The minimum atomic E-state index is 0.447. The van der Waals surface area contributed by atoms with Crippen molar-refractivity contribution < 1.29 is 0 Å². The van der Waals surface area contributed by atoms with Gasteiger partial charge in [-0.1, -0.05) is 12.2 Å². The Labute approximate surface area is 102 Å². The second kappa shape index (κ2) is 3.90. The summed E-state index contributed by atoms with van der Waals surface area (Å²) in [4.78, 5) is 8.73. The van der Waals surface area contributed by atoms with E-state index >= 15 is 0 Å². The lowest BCUT2D eigenvalue weighted by atomic mass is 10.2. The topological polar surface area (TPSA) is 42.2 Å². The third-order valence-electron chi connectivity index (χ3n) is 2.69. The van der Waals surface area contributed by atoms with E-state index in [0.717, 1.165) is 28.9 Å². The predicted molar refractivity (Wildman–Crippen MR) is 66.5 cm³/mol. The van der Waals surface area contributed by atoms with Crippen molar-refractivity contribution in [1.82, 2.24) is 14.4 Å². The molecule has 0 saturated carbocycles. The lowest BCUT2D eigenvalue weighted by molar-refractivity contribution is 0.779. The van der Waals surface area contributed by atoms with Crippen LogP contribution >= 0.6 is 15.9 Å². The van der Waals surface area contributed by atoms with Gasteiger partial charge >= 0.3 is 0 Å². The van der Waals surface area contributed by atoms with Crippen molar-refractivity contribution in [3.05, 3.63) is 35.3 Å². The molecule has 5 heteroatoms. The van der Waals surface area contributed by atoms with Crippen LogP contribution in [-0.4, -0.2) is 20.4 Å². The van der Waals surface area contributed by atoms with E-state index in [0.29, 0.717) is 6.04 Å². The first-order valence-electron chi connectivity index (χ1n) is 5.24. The van der Waals surface area contributed by atoms with Gasteiger partial charge in [0.2, 0.25) is 0 Å². The van der Waals surface area contributed by atoms with Crippen molar-refractivity contribution in [3.8, 4) is 0 Å². The lowest BCUT2D eigenvalue weighted by Gasteiger charge is -2.13. The number of nitrogens with zero attached hydrogens (tertiary/aromatic N) is 3. The summed E-state index contributed by atoms with van der Waals surface area (Å²) >= 11 is 3.40. The van der Waals surface area contributed by atoms with E-state index in [1.165, 1.54) is 0 Å². The largest absolute Gasteiger partial charge is 0.364 e. The van der Waals surface area contributed by atoms with Crippen molar-refractivity contribution in [3.63, 3.8) is 0 Å². The zero-order chi connectivity index (χ0) is 11.0. The summed E-state index contributed by atoms with van der Waals surface area (Å²) in [6.45, 7) is 0. The van der Waals surface area contributed by atoms with E-state index in [4.69, 9.17) is 0 Å². The monoisotopic (exact) mass is 278 g/mol. The second-order valence-corrected chi connectivity index (χ2v) is 4.67. The van der Waals surface area contributed by atoms with E-state index in [1.807, 2.05) is 16.8 Å². The molecule has 3 rings (SSSR count). The average Bonchev–Trinajstić information content (AvgIpc) is 2.87. The molecule has 0 radical (unpaired) electrons. The van der Waals surface area contributed by atoms with Gasteiger partial charge in [0, 0.05) is 24.6 Å². The van der Waals surface area contributed by atoms with Crippen LogP contribution in [0.25, 0.3) is 5.65 Å². The first-order chi connectivity index (χ1) is 7.83. The van der Waals surface area contributed by atoms with Crippen molar-refractivity contribution in [2.24, 2.45) is 0 Å². The quantitative estimate of drug-likeness (QED) is 0.859. The van der Waals surface area contributed by atoms with Crippen LogP contribution in [0.4, 0.5) is 5.82 Å². The Kier molecular flexibility index (Phi) is 2.40. The molecule has 1 aliphatic carbocycles. The maximum Gasteiger partial charge on any atom is 0.180 e. The molecule has 0 aliphatic heterocycles. The highest BCUT2D eigenvalue weighted by molar-refractivity contribution is 9.10. The third-order valence-corrected chi connectivity index (χ3v) is 3.08. The Morgan fingerprint density at radius 2 is 2.19 bits per heavy atom. The summed E-state index contributed by atoms with van der Waals surface area (Å²) in [5.41, 5.74) is 0.870. The predicted octanol–water partition coefficient (Wildman–Crippen LogP) is 2.62. The maximum atomic E-state index is 4.43. The zero-order valence-corrected chi connectivity index (χ0v) is 10.2. The van der Waals surface area contributed by atoms with Gasteiger partial charge in [0.05, 0.1) is 0 Å². The first-order valence-corrected chi connectivity index (χ1v) is 6.03. The fraction of sp³-hybridized carbons (Fsp3) is 0.273. The highest BCUT2D eigenvalue weighted by Gasteiger charge is 2.13. The Bertz CT molecular complexity index is 538. The van der Waals surface area contributed by atoms with E-state index in [9.17, 15) is 0 Å². The molecule has 1 aliphatic rings. The normalized spacial score (nSPS) is 16.1. The summed E-state index contributed by atoms with van der Waals surface area (Å²) in [6.07, 6.45) is 12.1. The minimum absolute atomic E-state index is 0.447. The second-order valence-electron chi connectivity index (χ2n) is 3.85. The van der Waals surface area contributed by atoms with Crippen LogP contribution in [0.5, 0.6) is 0 Å². The number of hydrogen-bond donors (Lipinski definition) is 1. The number of nitrogens with one attached hydrogen (secondary N) is 1. The Morgan fingerprint density at radius 3 is 3.00 bits per heavy atom. The summed E-state index contributed by atoms with van der Waals surface area (Å²) in [5, 5.41) is 3.42. The van der Waals surface area contributed by atoms with Crippen molar-refractivity contribution in [2.45, 2.75) is 18.9 Å². The van der Waals surface area contributed by atoms with Gasteiger partial charge in [0.1, 0.15) is 4.60 Å². The highest BCUT2D eigenvalue weighted by Crippen LogP contribution is 2.21. The SMILES string of the molecule is Brc1cn2ccnc2c(NC2CC=CC2)n1. The standard InChI is InChI=1S/C11H11BrN4/c12-9-7-16-6-5-13-11(16)10(15-9)14-8-3-1-2-4-8/h1-2,5-8H,3-4H2,(H,14,15). The molecule has 2 aromatic rings. The smallest absolute Gasteiger partial charge is 0.180 e. The molecule has 82 valence electrons. The Balaban J connectivity index is 1.97. The molecule has 16 heavy (non-hydrogen) atoms. The zero-order valence-electron chi connectivity index (χ0n) is 8.60. The summed E-state index contributed by atoms with van der Waals surface area (Å²) < 4.78 is 2.77. The molecular formula is C11H11BrN4. The molecule has 0 unspecified atom stereocenters. The van der Waals surface area contributed by atoms with Crippen molar-refractivity contribution in [1.29, 1.82) is 0 Å². The molecule has 0 aromatic carbocycles. The van der Waals surface area contributed by atoms with Crippen molar-refractivity contribution >= 4 is 27.4 Å². The average molecular weight is 279 g/mol. The molecule has 0 spiro atoms. The van der Waals surface area contributed by atoms with Crippen LogP contribution in [0, 0.1) is 0 Å². The minimum Gasteiger partial charge on any atom is -0.364 e. The molecule has 2 aromatic heterocycles. The van der Waals surface area contributed by atoms with E-state index in [-0.39, 0.29) is 0 Å². The summed E-state index contributed by atoms with van der Waals surface area (Å²) in [6, 6.07) is 0.447. The van der Waals surface area contributed by atoms with Gasteiger partial charge in [-0.05, 0) is 28.8 Å². The lowest BCUT2D eigenvalue weighted by Crippen LogP contribution is -2.17. The number of rotatable bonds is 2. The van der Waals surface area contributed by atoms with Gasteiger partial charge in [0.15, 0.2) is 11.5 Å². The van der Waals surface area contributed by atoms with Crippen LogP contribution in [0.3, 0.4) is 0 Å². The number of aromatic nitrogens is 3. The maximum absolute atomic E-state index is 4.43. The molecule has 0 amide bonds. The Hall–Kier alpha value is -1.36. The number of imidazole rings is 1. The molecule has 1 N–H and O–H groups in total. The van der Waals surface area contributed by atoms with E-state index in [1.54, 1.807) is 6.20 Å². The van der Waals surface area contributed by atoms with Crippen LogP contribution in [0.15, 0.2) is 35.3 Å². The van der Waals surface area contributed by atoms with Gasteiger partial charge in [-0.2, -0.15) is 0 Å². The van der Waals surface area contributed by atoms with Gasteiger partial charge in [-0.15, -0.1) is 0 Å². The number of anilines is 1. The van der Waals surface area contributed by atoms with Crippen LogP contribution in [0.2, 0.25) is 0 Å². The van der Waals surface area contributed by atoms with E-state index in [2.05, 4.69) is 43.4 Å². The third kappa shape index (κ3) is 1.71. The molecular weight excluding hydrogens is 268 g/mol. The number of fused-ring (bicyclic) bond motifs is 1. The van der Waals surface area contributed by atoms with Crippen LogP contribution in [0.1, 0.15) is 12.8 Å². The van der Waals surface area contributed by atoms with Gasteiger partial charge in [-0.3, -0.25) is 0 Å². The number of hydrogen-bond acceptors (Lipinski definition) is 3. The van der Waals surface area contributed by atoms with Crippen molar-refractivity contribution in [2.75, 3.05) is 5.32 Å². The van der Waals surface area contributed by atoms with Crippen LogP contribution < -0.4 is 5.32 Å². The van der Waals surface area contributed by atoms with Gasteiger partial charge in [0.25, 0.3) is 0 Å². The molecule has 2 heterocycles. The molecule has 0 fully saturated rings. The summed E-state index contributed by atoms with van der Waals surface area (Å²) in [7, 11) is 0. The molecule has 0 bridgehead atoms. The van der Waals surface area contributed by atoms with Gasteiger partial charge < -0.3 is 9.72 Å². The first kappa shape index (κ1) is 9.84. The highest BCUT2D eigenvalue weighted by atomic mass is 79.9. The fourth-order valence-electron chi connectivity index (χ4n) is 1.93. The van der Waals surface area contributed by atoms with Gasteiger partial charge in [-0.25, -0.2) is 9.97 Å². The van der Waals surface area contributed by atoms with Crippen LogP contribution in [-0.2, 0) is 0 Å². The molecule has 0 saturated heterocycles. The molecule has 4 nitrogen and oxygen atoms in total. The summed E-state index contributed by atoms with van der Waals surface area (Å²) in [5.74, 6) is 0.841. The fourth-order valence-corrected chi connectivity index (χ4v) is 2.32. The number of halogens is 1. The van der Waals surface area contributed by atoms with E-state index < -0.39 is 0 Å².